The van der Waals surface area contributed by atoms with E-state index in [1.54, 1.807) is 16.7 Å². The largest absolute Gasteiger partial charge is 0.481 e. The molecule has 0 aliphatic carbocycles. The summed E-state index contributed by atoms with van der Waals surface area (Å²) in [6.45, 7) is 2.55. The molecule has 2 unspecified atom stereocenters. The number of hydrogen-bond acceptors (Lipinski definition) is 4. The summed E-state index contributed by atoms with van der Waals surface area (Å²) < 4.78 is 12.2. The van der Waals surface area contributed by atoms with Crippen molar-refractivity contribution in [2.45, 2.75) is 18.9 Å². The number of carbonyl (C=O) groups is 1. The van der Waals surface area contributed by atoms with Crippen molar-refractivity contribution in [2.75, 3.05) is 20.8 Å². The molecule has 0 radical (unpaired) electrons. The van der Waals surface area contributed by atoms with Gasteiger partial charge in [-0.25, -0.2) is 9.48 Å². The highest BCUT2D eigenvalue weighted by Gasteiger charge is 2.36. The van der Waals surface area contributed by atoms with Gasteiger partial charge in [0.1, 0.15) is 0 Å². The molecule has 2 atom stereocenters. The van der Waals surface area contributed by atoms with E-state index in [9.17, 15) is 4.79 Å². The van der Waals surface area contributed by atoms with Crippen LogP contribution in [0.15, 0.2) is 30.5 Å². The average molecular weight is 315 g/mol. The second kappa shape index (κ2) is 5.95. The molecule has 1 aromatic carbocycles. The SMILES string of the molecule is COC(=O)N1CC(c2cnn(C)c2OC)c2ccccc2C1C. The summed E-state index contributed by atoms with van der Waals surface area (Å²) in [6.07, 6.45) is 1.49. The monoisotopic (exact) mass is 315 g/mol. The minimum atomic E-state index is -0.320. The third-order valence-corrected chi connectivity index (χ3v) is 4.56. The van der Waals surface area contributed by atoms with Crippen LogP contribution in [0.3, 0.4) is 0 Å². The maximum atomic E-state index is 12.2. The van der Waals surface area contributed by atoms with Gasteiger partial charge in [-0.05, 0) is 18.1 Å². The standard InChI is InChI=1S/C17H21N3O3/c1-11-12-7-5-6-8-13(12)15(10-20(11)17(21)23-4)14-9-18-19(2)16(14)22-3/h5-9,11,15H,10H2,1-4H3. The Bertz CT molecular complexity index is 726. The normalized spacial score (nSPS) is 20.1. The smallest absolute Gasteiger partial charge is 0.410 e. The quantitative estimate of drug-likeness (QED) is 0.855. The van der Waals surface area contributed by atoms with Gasteiger partial charge < -0.3 is 14.4 Å². The minimum absolute atomic E-state index is 0.00477. The van der Waals surface area contributed by atoms with Gasteiger partial charge in [0.25, 0.3) is 0 Å². The zero-order valence-electron chi connectivity index (χ0n) is 13.8. The topological polar surface area (TPSA) is 56.6 Å². The summed E-state index contributed by atoms with van der Waals surface area (Å²) in [5.74, 6) is 0.717. The van der Waals surface area contributed by atoms with Gasteiger partial charge in [-0.1, -0.05) is 24.3 Å². The predicted molar refractivity (Wildman–Crippen MR) is 85.6 cm³/mol. The van der Waals surface area contributed by atoms with Crippen molar-refractivity contribution >= 4 is 6.09 Å². The molecule has 0 saturated carbocycles. The van der Waals surface area contributed by atoms with Gasteiger partial charge in [0.2, 0.25) is 5.88 Å². The van der Waals surface area contributed by atoms with E-state index >= 15 is 0 Å². The fourth-order valence-electron chi connectivity index (χ4n) is 3.38. The second-order valence-corrected chi connectivity index (χ2v) is 5.71. The molecule has 1 aliphatic rings. The van der Waals surface area contributed by atoms with Gasteiger partial charge in [-0.15, -0.1) is 0 Å². The van der Waals surface area contributed by atoms with Crippen LogP contribution in [0.2, 0.25) is 0 Å². The third-order valence-electron chi connectivity index (χ3n) is 4.56. The van der Waals surface area contributed by atoms with Gasteiger partial charge in [0.15, 0.2) is 0 Å². The maximum absolute atomic E-state index is 12.2. The summed E-state index contributed by atoms with van der Waals surface area (Å²) in [7, 11) is 4.89. The second-order valence-electron chi connectivity index (χ2n) is 5.71. The molecule has 0 bridgehead atoms. The summed E-state index contributed by atoms with van der Waals surface area (Å²) in [6, 6.07) is 8.16. The number of amides is 1. The summed E-state index contributed by atoms with van der Waals surface area (Å²) in [5, 5.41) is 4.30. The van der Waals surface area contributed by atoms with Crippen LogP contribution in [-0.2, 0) is 11.8 Å². The molecular formula is C17H21N3O3. The van der Waals surface area contributed by atoms with Crippen LogP contribution in [0, 0.1) is 0 Å². The number of aryl methyl sites for hydroxylation is 1. The van der Waals surface area contributed by atoms with E-state index in [1.807, 2.05) is 32.3 Å². The number of benzene rings is 1. The molecular weight excluding hydrogens is 294 g/mol. The third kappa shape index (κ3) is 2.44. The van der Waals surface area contributed by atoms with Crippen molar-refractivity contribution in [3.8, 4) is 5.88 Å². The Balaban J connectivity index is 2.12. The number of ether oxygens (including phenoxy) is 2. The lowest BCUT2D eigenvalue weighted by molar-refractivity contribution is 0.102. The van der Waals surface area contributed by atoms with Crippen molar-refractivity contribution in [1.82, 2.24) is 14.7 Å². The number of methoxy groups -OCH3 is 2. The van der Waals surface area contributed by atoms with Crippen LogP contribution in [0.25, 0.3) is 0 Å². The molecule has 1 aromatic heterocycles. The average Bonchev–Trinajstić information content (AvgIpc) is 2.95. The summed E-state index contributed by atoms with van der Waals surface area (Å²) >= 11 is 0. The van der Waals surface area contributed by atoms with E-state index in [0.717, 1.165) is 11.1 Å². The molecule has 2 heterocycles. The van der Waals surface area contributed by atoms with Crippen molar-refractivity contribution in [1.29, 1.82) is 0 Å². The molecule has 3 rings (SSSR count). The number of hydrogen-bond donors (Lipinski definition) is 0. The zero-order chi connectivity index (χ0) is 16.6. The molecule has 0 saturated heterocycles. The number of carbonyl (C=O) groups excluding carboxylic acids is 1. The predicted octanol–water partition coefficient (Wildman–Crippen LogP) is 2.70. The number of fused-ring (bicyclic) bond motifs is 1. The molecule has 2 aromatic rings. The van der Waals surface area contributed by atoms with Crippen LogP contribution >= 0.6 is 0 Å². The molecule has 0 spiro atoms. The van der Waals surface area contributed by atoms with E-state index in [-0.39, 0.29) is 18.1 Å². The van der Waals surface area contributed by atoms with E-state index in [4.69, 9.17) is 9.47 Å². The summed E-state index contributed by atoms with van der Waals surface area (Å²) in [5.41, 5.74) is 3.30. The van der Waals surface area contributed by atoms with Crippen LogP contribution in [0.1, 0.15) is 35.6 Å². The van der Waals surface area contributed by atoms with E-state index in [1.165, 1.54) is 12.7 Å². The number of rotatable bonds is 2. The highest BCUT2D eigenvalue weighted by Crippen LogP contribution is 2.41. The van der Waals surface area contributed by atoms with Crippen LogP contribution < -0.4 is 4.74 Å². The molecule has 0 N–H and O–H groups in total. The fraction of sp³-hybridized carbons (Fsp3) is 0.412. The Morgan fingerprint density at radius 2 is 1.91 bits per heavy atom. The van der Waals surface area contributed by atoms with Crippen LogP contribution in [0.4, 0.5) is 4.79 Å². The first-order chi connectivity index (χ1) is 11.1. The van der Waals surface area contributed by atoms with E-state index in [2.05, 4.69) is 17.2 Å². The molecule has 122 valence electrons. The van der Waals surface area contributed by atoms with E-state index in [0.29, 0.717) is 12.4 Å². The highest BCUT2D eigenvalue weighted by atomic mass is 16.5. The van der Waals surface area contributed by atoms with E-state index < -0.39 is 0 Å². The Labute approximate surface area is 135 Å². The zero-order valence-corrected chi connectivity index (χ0v) is 13.8. The lowest BCUT2D eigenvalue weighted by atomic mass is 9.83. The van der Waals surface area contributed by atoms with Crippen molar-refractivity contribution in [2.24, 2.45) is 7.05 Å². The van der Waals surface area contributed by atoms with Crippen LogP contribution in [0.5, 0.6) is 5.88 Å². The minimum Gasteiger partial charge on any atom is -0.481 e. The molecule has 0 fully saturated rings. The summed E-state index contributed by atoms with van der Waals surface area (Å²) in [4.78, 5) is 13.9. The van der Waals surface area contributed by atoms with Gasteiger partial charge in [0, 0.05) is 25.1 Å². The molecule has 1 aliphatic heterocycles. The lowest BCUT2D eigenvalue weighted by Crippen LogP contribution is -2.41. The Hall–Kier alpha value is -2.50. The van der Waals surface area contributed by atoms with Crippen molar-refractivity contribution in [3.63, 3.8) is 0 Å². The first-order valence-electron chi connectivity index (χ1n) is 7.57. The number of aromatic nitrogens is 2. The molecule has 6 nitrogen and oxygen atoms in total. The highest BCUT2D eigenvalue weighted by molar-refractivity contribution is 5.69. The van der Waals surface area contributed by atoms with Gasteiger partial charge in [-0.2, -0.15) is 5.10 Å². The molecule has 23 heavy (non-hydrogen) atoms. The maximum Gasteiger partial charge on any atom is 0.410 e. The van der Waals surface area contributed by atoms with Crippen molar-refractivity contribution in [3.05, 3.63) is 47.2 Å². The Morgan fingerprint density at radius 3 is 2.57 bits per heavy atom. The first kappa shape index (κ1) is 15.4. The fourth-order valence-corrected chi connectivity index (χ4v) is 3.38. The van der Waals surface area contributed by atoms with Gasteiger partial charge in [-0.3, -0.25) is 0 Å². The van der Waals surface area contributed by atoms with Crippen molar-refractivity contribution < 1.29 is 14.3 Å². The number of nitrogens with zero attached hydrogens (tertiary/aromatic N) is 3. The van der Waals surface area contributed by atoms with Crippen LogP contribution in [-0.4, -0.2) is 41.5 Å². The lowest BCUT2D eigenvalue weighted by Gasteiger charge is -2.38. The molecule has 1 amide bonds. The first-order valence-corrected chi connectivity index (χ1v) is 7.57. The van der Waals surface area contributed by atoms with Gasteiger partial charge in [0.05, 0.1) is 26.5 Å². The Kier molecular flexibility index (Phi) is 3.98. The Morgan fingerprint density at radius 1 is 1.22 bits per heavy atom. The molecule has 6 heteroatoms. The van der Waals surface area contributed by atoms with Gasteiger partial charge >= 0.3 is 6.09 Å².